The van der Waals surface area contributed by atoms with Gasteiger partial charge in [0.25, 0.3) is 11.8 Å². The van der Waals surface area contributed by atoms with Gasteiger partial charge in [-0.1, -0.05) is 36.4 Å². The average Bonchev–Trinajstić information content (AvgIpc) is 2.59. The number of para-hydroxylation sites is 2. The third kappa shape index (κ3) is 5.00. The van der Waals surface area contributed by atoms with Crippen LogP contribution in [0, 0.1) is 0 Å². The lowest BCUT2D eigenvalue weighted by Gasteiger charge is -2.11. The van der Waals surface area contributed by atoms with E-state index < -0.39 is 0 Å². The summed E-state index contributed by atoms with van der Waals surface area (Å²) < 4.78 is 5.45. The van der Waals surface area contributed by atoms with E-state index in [2.05, 4.69) is 17.2 Å². The molecule has 0 spiro atoms. The quantitative estimate of drug-likeness (QED) is 0.773. The molecule has 0 radical (unpaired) electrons. The van der Waals surface area contributed by atoms with Crippen LogP contribution in [-0.4, -0.2) is 25.0 Å². The first kappa shape index (κ1) is 16.3. The Bertz CT molecular complexity index is 684. The molecular weight excluding hydrogens is 292 g/mol. The van der Waals surface area contributed by atoms with E-state index in [9.17, 15) is 9.59 Å². The number of anilines is 1. The van der Waals surface area contributed by atoms with Crippen LogP contribution in [0.15, 0.2) is 67.3 Å². The minimum Gasteiger partial charge on any atom is -0.483 e. The predicted molar refractivity (Wildman–Crippen MR) is 89.5 cm³/mol. The van der Waals surface area contributed by atoms with Crippen LogP contribution in [0.2, 0.25) is 0 Å². The zero-order valence-electron chi connectivity index (χ0n) is 12.6. The highest BCUT2D eigenvalue weighted by Gasteiger charge is 2.13. The van der Waals surface area contributed by atoms with Crippen molar-refractivity contribution in [3.05, 3.63) is 72.8 Å². The maximum absolute atomic E-state index is 12.3. The van der Waals surface area contributed by atoms with Crippen molar-refractivity contribution in [2.75, 3.05) is 18.5 Å². The second-order valence-corrected chi connectivity index (χ2v) is 4.70. The highest BCUT2D eigenvalue weighted by molar-refractivity contribution is 6.06. The normalized spacial score (nSPS) is 9.74. The third-order valence-electron chi connectivity index (χ3n) is 2.97. The molecule has 118 valence electrons. The lowest BCUT2D eigenvalue weighted by Crippen LogP contribution is -2.29. The van der Waals surface area contributed by atoms with Gasteiger partial charge in [0.05, 0.1) is 5.56 Å². The molecule has 2 rings (SSSR count). The van der Waals surface area contributed by atoms with Crippen LogP contribution in [-0.2, 0) is 4.79 Å². The molecule has 0 bridgehead atoms. The van der Waals surface area contributed by atoms with Gasteiger partial charge in [-0.3, -0.25) is 9.59 Å². The van der Waals surface area contributed by atoms with Crippen molar-refractivity contribution in [2.24, 2.45) is 0 Å². The number of carbonyl (C=O) groups excluding carboxylic acids is 2. The van der Waals surface area contributed by atoms with Gasteiger partial charge in [0.15, 0.2) is 6.61 Å². The summed E-state index contributed by atoms with van der Waals surface area (Å²) in [7, 11) is 0. The fourth-order valence-corrected chi connectivity index (χ4v) is 1.88. The summed E-state index contributed by atoms with van der Waals surface area (Å²) in [6.45, 7) is 3.73. The molecule has 0 aliphatic heterocycles. The van der Waals surface area contributed by atoms with E-state index in [0.29, 0.717) is 23.5 Å². The Morgan fingerprint density at radius 3 is 2.48 bits per heavy atom. The van der Waals surface area contributed by atoms with Crippen molar-refractivity contribution in [1.82, 2.24) is 5.32 Å². The lowest BCUT2D eigenvalue weighted by molar-refractivity contribution is -0.122. The van der Waals surface area contributed by atoms with Gasteiger partial charge in [-0.2, -0.15) is 0 Å². The van der Waals surface area contributed by atoms with Gasteiger partial charge in [-0.25, -0.2) is 0 Å². The van der Waals surface area contributed by atoms with E-state index in [-0.39, 0.29) is 18.4 Å². The zero-order valence-corrected chi connectivity index (χ0v) is 12.6. The smallest absolute Gasteiger partial charge is 0.259 e. The molecule has 0 atom stereocenters. The van der Waals surface area contributed by atoms with Crippen molar-refractivity contribution < 1.29 is 14.3 Å². The fraction of sp³-hybridized carbons (Fsp3) is 0.111. The average molecular weight is 310 g/mol. The minimum absolute atomic E-state index is 0.163. The Balaban J connectivity index is 2.03. The van der Waals surface area contributed by atoms with Crippen LogP contribution in [0.3, 0.4) is 0 Å². The standard InChI is InChI=1S/C18H18N2O3/c1-2-12-19-17(21)13-23-16-11-7-6-10-15(16)18(22)20-14-8-4-3-5-9-14/h2-11H,1,12-13H2,(H,19,21)(H,20,22). The number of rotatable bonds is 7. The molecule has 0 fully saturated rings. The topological polar surface area (TPSA) is 67.4 Å². The third-order valence-corrected chi connectivity index (χ3v) is 2.97. The number of carbonyl (C=O) groups is 2. The Morgan fingerprint density at radius 1 is 1.04 bits per heavy atom. The summed E-state index contributed by atoms with van der Waals surface area (Å²) in [5.74, 6) is -0.212. The predicted octanol–water partition coefficient (Wildman–Crippen LogP) is 2.62. The number of hydrogen-bond donors (Lipinski definition) is 2. The molecule has 5 nitrogen and oxygen atoms in total. The molecule has 0 heterocycles. The second-order valence-electron chi connectivity index (χ2n) is 4.70. The van der Waals surface area contributed by atoms with Gasteiger partial charge in [0, 0.05) is 12.2 Å². The van der Waals surface area contributed by atoms with Crippen LogP contribution in [0.1, 0.15) is 10.4 Å². The molecule has 2 amide bonds. The van der Waals surface area contributed by atoms with E-state index in [4.69, 9.17) is 4.74 Å². The minimum atomic E-state index is -0.293. The highest BCUT2D eigenvalue weighted by Crippen LogP contribution is 2.19. The molecule has 0 saturated carbocycles. The largest absolute Gasteiger partial charge is 0.483 e. The Morgan fingerprint density at radius 2 is 1.74 bits per heavy atom. The Hall–Kier alpha value is -3.08. The van der Waals surface area contributed by atoms with E-state index in [0.717, 1.165) is 0 Å². The second kappa shape index (κ2) is 8.38. The SMILES string of the molecule is C=CCNC(=O)COc1ccccc1C(=O)Nc1ccccc1. The van der Waals surface area contributed by atoms with E-state index in [1.165, 1.54) is 0 Å². The molecule has 0 aliphatic rings. The van der Waals surface area contributed by atoms with Crippen molar-refractivity contribution in [3.63, 3.8) is 0 Å². The van der Waals surface area contributed by atoms with E-state index in [1.807, 2.05) is 18.2 Å². The molecule has 0 aromatic heterocycles. The van der Waals surface area contributed by atoms with Gasteiger partial charge in [-0.15, -0.1) is 6.58 Å². The summed E-state index contributed by atoms with van der Waals surface area (Å²) >= 11 is 0. The molecule has 0 saturated heterocycles. The summed E-state index contributed by atoms with van der Waals surface area (Å²) in [6.07, 6.45) is 1.58. The number of hydrogen-bond acceptors (Lipinski definition) is 3. The highest BCUT2D eigenvalue weighted by atomic mass is 16.5. The fourth-order valence-electron chi connectivity index (χ4n) is 1.88. The first-order valence-electron chi connectivity index (χ1n) is 7.16. The maximum atomic E-state index is 12.3. The Kier molecular flexibility index (Phi) is 5.94. The maximum Gasteiger partial charge on any atom is 0.259 e. The van der Waals surface area contributed by atoms with Crippen LogP contribution in [0.5, 0.6) is 5.75 Å². The summed E-state index contributed by atoms with van der Waals surface area (Å²) in [4.78, 5) is 23.9. The van der Waals surface area contributed by atoms with E-state index >= 15 is 0 Å². The van der Waals surface area contributed by atoms with Crippen LogP contribution < -0.4 is 15.4 Å². The van der Waals surface area contributed by atoms with Crippen molar-refractivity contribution >= 4 is 17.5 Å². The molecule has 2 aromatic rings. The number of benzene rings is 2. The molecule has 0 unspecified atom stereocenters. The Labute approximate surface area is 135 Å². The van der Waals surface area contributed by atoms with Gasteiger partial charge in [-0.05, 0) is 24.3 Å². The molecule has 2 aromatic carbocycles. The summed E-state index contributed by atoms with van der Waals surface area (Å²) in [5.41, 5.74) is 1.06. The van der Waals surface area contributed by atoms with Crippen LogP contribution in [0.4, 0.5) is 5.69 Å². The number of nitrogens with one attached hydrogen (secondary N) is 2. The molecule has 2 N–H and O–H groups in total. The summed E-state index contributed by atoms with van der Waals surface area (Å²) in [5, 5.41) is 5.40. The molecule has 0 aliphatic carbocycles. The molecule has 23 heavy (non-hydrogen) atoms. The van der Waals surface area contributed by atoms with Crippen LogP contribution in [0.25, 0.3) is 0 Å². The van der Waals surface area contributed by atoms with Crippen LogP contribution >= 0.6 is 0 Å². The number of ether oxygens (including phenoxy) is 1. The van der Waals surface area contributed by atoms with Crippen molar-refractivity contribution in [3.8, 4) is 5.75 Å². The monoisotopic (exact) mass is 310 g/mol. The molecule has 5 heteroatoms. The zero-order chi connectivity index (χ0) is 16.5. The first-order valence-corrected chi connectivity index (χ1v) is 7.16. The molecular formula is C18H18N2O3. The first-order chi connectivity index (χ1) is 11.2. The van der Waals surface area contributed by atoms with Gasteiger partial charge in [0.2, 0.25) is 0 Å². The van der Waals surface area contributed by atoms with Crippen molar-refractivity contribution in [1.29, 1.82) is 0 Å². The van der Waals surface area contributed by atoms with Gasteiger partial charge >= 0.3 is 0 Å². The van der Waals surface area contributed by atoms with Gasteiger partial charge in [0.1, 0.15) is 5.75 Å². The number of amides is 2. The van der Waals surface area contributed by atoms with Gasteiger partial charge < -0.3 is 15.4 Å². The van der Waals surface area contributed by atoms with E-state index in [1.54, 1.807) is 42.5 Å². The van der Waals surface area contributed by atoms with Crippen molar-refractivity contribution in [2.45, 2.75) is 0 Å². The summed E-state index contributed by atoms with van der Waals surface area (Å²) in [6, 6.07) is 15.9. The lowest BCUT2D eigenvalue weighted by atomic mass is 10.2.